The number of rotatable bonds is 5. The van der Waals surface area contributed by atoms with E-state index in [-0.39, 0.29) is 29.1 Å². The Bertz CT molecular complexity index is 694. The van der Waals surface area contributed by atoms with Gasteiger partial charge in [-0.25, -0.2) is 18.6 Å². The first-order valence-electron chi connectivity index (χ1n) is 8.41. The van der Waals surface area contributed by atoms with Crippen LogP contribution in [0.2, 0.25) is 2.82 Å². The van der Waals surface area contributed by atoms with E-state index in [2.05, 4.69) is 9.66 Å². The molecule has 0 aromatic rings. The van der Waals surface area contributed by atoms with E-state index in [1.54, 1.807) is 19.0 Å². The van der Waals surface area contributed by atoms with Gasteiger partial charge in [0.25, 0.3) is 0 Å². The molecular weight excluding hydrogens is 292 g/mol. The molecule has 1 heterocycles. The number of allylic oxidation sites excluding steroid dienone is 1. The average Bonchev–Trinajstić information content (AvgIpc) is 2.66. The SMILES string of the molecule is [2H]N1ON([2H])C2([2H])C1=C(Cl)CC([2H])([2H])C2([2H])S(=O)(=O)NCCN(C)C. The summed E-state index contributed by atoms with van der Waals surface area (Å²) in [5.41, 5.74) is -0.504. The fourth-order valence-corrected chi connectivity index (χ4v) is 2.88. The lowest BCUT2D eigenvalue weighted by atomic mass is 10.00. The van der Waals surface area contributed by atoms with Crippen LogP contribution < -0.4 is 15.7 Å². The molecule has 1 saturated heterocycles. The normalized spacial score (nSPS) is 44.1. The predicted octanol–water partition coefficient (Wildman–Crippen LogP) is -0.512. The van der Waals surface area contributed by atoms with Gasteiger partial charge in [0.2, 0.25) is 10.0 Å². The summed E-state index contributed by atoms with van der Waals surface area (Å²) in [7, 11) is -1.40. The van der Waals surface area contributed by atoms with Crippen LogP contribution >= 0.6 is 11.6 Å². The van der Waals surface area contributed by atoms with Crippen molar-refractivity contribution < 1.29 is 21.7 Å². The fourth-order valence-electron chi connectivity index (χ4n) is 1.54. The minimum Gasteiger partial charge on any atom is -0.308 e. The van der Waals surface area contributed by atoms with E-state index in [9.17, 15) is 8.42 Å². The van der Waals surface area contributed by atoms with E-state index in [0.717, 1.165) is 0 Å². The highest BCUT2D eigenvalue weighted by Crippen LogP contribution is 2.32. The molecule has 0 amide bonds. The smallest absolute Gasteiger partial charge is 0.216 e. The van der Waals surface area contributed by atoms with Gasteiger partial charge in [0.05, 0.1) is 19.7 Å². The Kier molecular flexibility index (Phi) is 2.75. The molecule has 1 aliphatic heterocycles. The number of likely N-dealkylation sites (N-methyl/N-ethyl adjacent to an activating group) is 1. The van der Waals surface area contributed by atoms with Crippen molar-refractivity contribution in [2.45, 2.75) is 24.0 Å². The Morgan fingerprint density at radius 2 is 2.47 bits per heavy atom. The highest BCUT2D eigenvalue weighted by molar-refractivity contribution is 7.90. The second kappa shape index (κ2) is 5.94. The molecule has 110 valence electrons. The molecule has 2 unspecified atom stereocenters. The van der Waals surface area contributed by atoms with E-state index < -0.39 is 39.8 Å². The fraction of sp³-hybridized carbons (Fsp3) is 0.800. The molecule has 0 radical (unpaired) electrons. The number of hydrogen-bond acceptors (Lipinski definition) is 6. The molecule has 19 heavy (non-hydrogen) atoms. The largest absolute Gasteiger partial charge is 0.308 e. The number of hydrogen-bond donors (Lipinski definition) is 3. The Morgan fingerprint density at radius 1 is 1.74 bits per heavy atom. The molecule has 1 aliphatic carbocycles. The molecule has 9 heteroatoms. The summed E-state index contributed by atoms with van der Waals surface area (Å²) >= 11 is 5.94. The molecule has 0 bridgehead atoms. The van der Waals surface area contributed by atoms with Gasteiger partial charge in [-0.3, -0.25) is 0 Å². The van der Waals surface area contributed by atoms with Crippen molar-refractivity contribution in [2.75, 3.05) is 27.2 Å². The molecule has 0 spiro atoms. The van der Waals surface area contributed by atoms with Gasteiger partial charge < -0.3 is 4.90 Å². The summed E-state index contributed by atoms with van der Waals surface area (Å²) in [5, 5.41) is -3.57. The van der Waals surface area contributed by atoms with Gasteiger partial charge in [-0.05, 0) is 26.9 Å². The van der Waals surface area contributed by atoms with E-state index in [0.29, 0.717) is 0 Å². The second-order valence-corrected chi connectivity index (χ2v) is 6.41. The van der Waals surface area contributed by atoms with Gasteiger partial charge in [-0.1, -0.05) is 11.6 Å². The molecule has 3 N–H and O–H groups in total. The number of sulfonamides is 1. The summed E-state index contributed by atoms with van der Waals surface area (Å²) in [6.07, 6.45) is -3.54. The standard InChI is InChI=1S/C10H19ClN4O3S/c1-15(2)6-5-12-19(16,17)8-4-3-7(11)9-10(8)14-18-13-9/h8,10,12-14H,3-6H2,1-2H3/i4D2,8D,10D/hD2. The van der Waals surface area contributed by atoms with Crippen molar-refractivity contribution in [3.8, 4) is 0 Å². The number of nitrogens with zero attached hydrogens (tertiary/aromatic N) is 1. The van der Waals surface area contributed by atoms with Crippen molar-refractivity contribution in [2.24, 2.45) is 0 Å². The lowest BCUT2D eigenvalue weighted by molar-refractivity contribution is 0.0184. The van der Waals surface area contributed by atoms with Crippen LogP contribution in [0.15, 0.2) is 10.7 Å². The first kappa shape index (κ1) is 8.81. The third-order valence-electron chi connectivity index (χ3n) is 2.48. The molecule has 0 aromatic heterocycles. The Balaban J connectivity index is 2.60. The minimum atomic E-state index is -4.80. The van der Waals surface area contributed by atoms with Crippen LogP contribution in [0.4, 0.5) is 0 Å². The molecule has 0 saturated carbocycles. The summed E-state index contributed by atoms with van der Waals surface area (Å²) in [6.45, 7) is 0.150. The molecule has 7 nitrogen and oxygen atoms in total. The average molecular weight is 317 g/mol. The van der Waals surface area contributed by atoms with Gasteiger partial charge in [0, 0.05) is 20.9 Å². The van der Waals surface area contributed by atoms with Crippen LogP contribution in [0.25, 0.3) is 0 Å². The maximum absolute atomic E-state index is 12.8. The first-order valence-corrected chi connectivity index (χ1v) is 7.38. The van der Waals surface area contributed by atoms with Crippen molar-refractivity contribution in [3.63, 3.8) is 0 Å². The van der Waals surface area contributed by atoms with Crippen molar-refractivity contribution >= 4 is 21.6 Å². The molecule has 2 rings (SSSR count). The molecule has 2 atom stereocenters. The molecular formula is C10H19ClN4O3S. The first-order chi connectivity index (χ1) is 11.2. The number of fused-ring (bicyclic) bond motifs is 1. The van der Waals surface area contributed by atoms with Crippen LogP contribution in [-0.2, 0) is 15.0 Å². The summed E-state index contributed by atoms with van der Waals surface area (Å²) in [6, 6.07) is -2.91. The van der Waals surface area contributed by atoms with E-state index in [1.807, 2.05) is 0 Å². The zero-order valence-electron chi connectivity index (χ0n) is 16.5. The lowest BCUT2D eigenvalue weighted by Gasteiger charge is -2.27. The van der Waals surface area contributed by atoms with E-state index >= 15 is 0 Å². The summed E-state index contributed by atoms with van der Waals surface area (Å²) in [4.78, 5) is 6.27. The number of nitrogens with one attached hydrogen (secondary N) is 3. The van der Waals surface area contributed by atoms with E-state index in [4.69, 9.17) is 19.9 Å². The molecule has 2 aliphatic rings. The summed E-state index contributed by atoms with van der Waals surface area (Å²) < 4.78 is 76.2. The Labute approximate surface area is 126 Å². The summed E-state index contributed by atoms with van der Waals surface area (Å²) in [5.74, 6) is 0. The molecule has 0 aromatic carbocycles. The quantitative estimate of drug-likeness (QED) is 0.634. The van der Waals surface area contributed by atoms with Gasteiger partial charge in [-0.2, -0.15) is 10.4 Å². The number of hydroxylamine groups is 2. The zero-order chi connectivity index (χ0) is 19.4. The van der Waals surface area contributed by atoms with Crippen molar-refractivity contribution in [1.82, 2.24) is 20.6 Å². The Hall–Kier alpha value is -0.380. The monoisotopic (exact) mass is 316 g/mol. The van der Waals surface area contributed by atoms with Crippen LogP contribution in [0.1, 0.15) is 18.3 Å². The number of halogens is 1. The Morgan fingerprint density at radius 3 is 3.16 bits per heavy atom. The predicted molar refractivity (Wildman–Crippen MR) is 72.5 cm³/mol. The van der Waals surface area contributed by atoms with Crippen LogP contribution in [0.5, 0.6) is 0 Å². The highest BCUT2D eigenvalue weighted by Gasteiger charge is 2.42. The van der Waals surface area contributed by atoms with Gasteiger partial charge in [0.1, 0.15) is 0 Å². The van der Waals surface area contributed by atoms with Gasteiger partial charge in [0.15, 0.2) is 2.82 Å². The van der Waals surface area contributed by atoms with Crippen LogP contribution in [-0.4, -0.2) is 51.7 Å². The van der Waals surface area contributed by atoms with Crippen LogP contribution in [0, 0.1) is 0 Å². The zero-order valence-corrected chi connectivity index (χ0v) is 12.0. The van der Waals surface area contributed by atoms with Crippen LogP contribution in [0.3, 0.4) is 0 Å². The van der Waals surface area contributed by atoms with E-state index in [1.165, 1.54) is 0 Å². The third-order valence-corrected chi connectivity index (χ3v) is 4.26. The molecule has 1 fully saturated rings. The van der Waals surface area contributed by atoms with Crippen molar-refractivity contribution in [3.05, 3.63) is 10.7 Å². The van der Waals surface area contributed by atoms with Gasteiger partial charge >= 0.3 is 0 Å². The minimum absolute atomic E-state index is 0.0904. The van der Waals surface area contributed by atoms with Crippen molar-refractivity contribution in [1.29, 1.82) is 0 Å². The maximum atomic E-state index is 12.8. The third kappa shape index (κ3) is 3.39. The maximum Gasteiger partial charge on any atom is 0.216 e. The highest BCUT2D eigenvalue weighted by atomic mass is 35.5. The lowest BCUT2D eigenvalue weighted by Crippen LogP contribution is -2.49. The topological polar surface area (TPSA) is 82.7 Å². The van der Waals surface area contributed by atoms with Gasteiger partial charge in [-0.15, -0.1) is 0 Å². The second-order valence-electron chi connectivity index (χ2n) is 4.25.